The maximum atomic E-state index is 10.9. The predicted octanol–water partition coefficient (Wildman–Crippen LogP) is 13.1. The number of fused-ring (bicyclic) bond motifs is 1. The van der Waals surface area contributed by atoms with Crippen LogP contribution in [0.4, 0.5) is 5.69 Å². The summed E-state index contributed by atoms with van der Waals surface area (Å²) in [6.07, 6.45) is 19.9. The highest BCUT2D eigenvalue weighted by molar-refractivity contribution is 6.31. The monoisotopic (exact) mass is 799 g/mol. The van der Waals surface area contributed by atoms with Gasteiger partial charge < -0.3 is 24.2 Å². The first kappa shape index (κ1) is 44.6. The molecule has 4 aliphatic rings. The van der Waals surface area contributed by atoms with Gasteiger partial charge in [0.05, 0.1) is 11.8 Å². The van der Waals surface area contributed by atoms with Gasteiger partial charge in [0.25, 0.3) is 5.79 Å². The van der Waals surface area contributed by atoms with Crippen molar-refractivity contribution in [2.45, 2.75) is 150 Å². The number of benzene rings is 2. The van der Waals surface area contributed by atoms with Gasteiger partial charge in [0.15, 0.2) is 11.5 Å². The SMILES string of the molecule is C=C/C(Cl)=C\C=C(/C)C1(C)Oc2cccc(N3CCN(C/C(C)=C/c4c(C)cc(C(O)=C5CCC5)cc4CC)C(CC(C)C)C3CC)c2O1.CCCCC1CCO1. The van der Waals surface area contributed by atoms with Crippen LogP contribution in [-0.2, 0) is 11.2 Å². The van der Waals surface area contributed by atoms with Crippen LogP contribution in [-0.4, -0.2) is 60.2 Å². The summed E-state index contributed by atoms with van der Waals surface area (Å²) in [4.78, 5) is 5.29. The molecule has 0 amide bonds. The molecule has 0 aromatic heterocycles. The lowest BCUT2D eigenvalue weighted by Gasteiger charge is -2.49. The Morgan fingerprint density at radius 3 is 2.42 bits per heavy atom. The number of allylic oxidation sites excluding steroid dienone is 5. The molecular weight excluding hydrogens is 728 g/mol. The van der Waals surface area contributed by atoms with Crippen LogP contribution in [0.2, 0.25) is 0 Å². The van der Waals surface area contributed by atoms with Gasteiger partial charge in [-0.25, -0.2) is 0 Å². The molecule has 57 heavy (non-hydrogen) atoms. The Morgan fingerprint density at radius 1 is 1.07 bits per heavy atom. The van der Waals surface area contributed by atoms with Crippen LogP contribution in [0.1, 0.15) is 135 Å². The minimum Gasteiger partial charge on any atom is -0.507 e. The average Bonchev–Trinajstić information content (AvgIpc) is 3.51. The zero-order chi connectivity index (χ0) is 41.3. The van der Waals surface area contributed by atoms with Crippen LogP contribution in [0.3, 0.4) is 0 Å². The smallest absolute Gasteiger partial charge is 0.271 e. The van der Waals surface area contributed by atoms with Crippen molar-refractivity contribution < 1.29 is 19.3 Å². The highest BCUT2D eigenvalue weighted by Crippen LogP contribution is 2.49. The number of ether oxygens (including phenoxy) is 3. The van der Waals surface area contributed by atoms with E-state index in [2.05, 4.69) is 95.2 Å². The van der Waals surface area contributed by atoms with E-state index in [0.29, 0.717) is 34.9 Å². The molecule has 1 saturated carbocycles. The van der Waals surface area contributed by atoms with Gasteiger partial charge in [-0.05, 0) is 131 Å². The Labute approximate surface area is 350 Å². The fraction of sp³-hybridized carbons (Fsp3) is 0.560. The van der Waals surface area contributed by atoms with Crippen molar-refractivity contribution in [2.75, 3.05) is 31.1 Å². The Hall–Kier alpha value is -3.45. The normalized spacial score (nSPS) is 23.8. The molecule has 3 heterocycles. The lowest BCUT2D eigenvalue weighted by atomic mass is 9.87. The lowest BCUT2D eigenvalue weighted by molar-refractivity contribution is -0.0553. The molecule has 7 heteroatoms. The number of aryl methyl sites for hydroxylation is 2. The predicted molar refractivity (Wildman–Crippen MR) is 242 cm³/mol. The van der Waals surface area contributed by atoms with Gasteiger partial charge in [-0.15, -0.1) is 0 Å². The number of unbranched alkanes of at least 4 members (excludes halogenated alkanes) is 1. The molecule has 1 N–H and O–H groups in total. The van der Waals surface area contributed by atoms with Crippen molar-refractivity contribution in [2.24, 2.45) is 5.92 Å². The first-order chi connectivity index (χ1) is 27.3. The summed E-state index contributed by atoms with van der Waals surface area (Å²) in [7, 11) is 0. The molecule has 4 atom stereocenters. The number of hydrogen-bond donors (Lipinski definition) is 1. The van der Waals surface area contributed by atoms with Gasteiger partial charge in [0.2, 0.25) is 0 Å². The Kier molecular flexibility index (Phi) is 16.1. The number of halogens is 1. The van der Waals surface area contributed by atoms with Crippen LogP contribution in [0, 0.1) is 12.8 Å². The van der Waals surface area contributed by atoms with Gasteiger partial charge in [-0.2, -0.15) is 0 Å². The summed E-state index contributed by atoms with van der Waals surface area (Å²) in [5.41, 5.74) is 9.39. The van der Waals surface area contributed by atoms with Crippen molar-refractivity contribution in [3.05, 3.63) is 99.1 Å². The quantitative estimate of drug-likeness (QED) is 0.143. The molecule has 1 aliphatic carbocycles. The molecule has 312 valence electrons. The largest absolute Gasteiger partial charge is 0.507 e. The van der Waals surface area contributed by atoms with Crippen molar-refractivity contribution in [1.82, 2.24) is 4.90 Å². The maximum Gasteiger partial charge on any atom is 0.271 e. The van der Waals surface area contributed by atoms with Crippen molar-refractivity contribution >= 4 is 29.1 Å². The van der Waals surface area contributed by atoms with Crippen LogP contribution < -0.4 is 14.4 Å². The molecule has 3 fully saturated rings. The highest BCUT2D eigenvalue weighted by atomic mass is 35.5. The van der Waals surface area contributed by atoms with Gasteiger partial charge in [0, 0.05) is 61.4 Å². The molecular formula is C50H71ClN2O4. The second kappa shape index (κ2) is 20.5. The van der Waals surface area contributed by atoms with Gasteiger partial charge in [-0.1, -0.05) is 95.5 Å². The molecule has 2 saturated heterocycles. The minimum atomic E-state index is -0.920. The third-order valence-corrected chi connectivity index (χ3v) is 12.6. The van der Waals surface area contributed by atoms with E-state index in [4.69, 9.17) is 25.8 Å². The van der Waals surface area contributed by atoms with Crippen LogP contribution >= 0.6 is 11.6 Å². The fourth-order valence-electron chi connectivity index (χ4n) is 8.58. The summed E-state index contributed by atoms with van der Waals surface area (Å²) >= 11 is 6.19. The van der Waals surface area contributed by atoms with E-state index in [1.165, 1.54) is 59.9 Å². The Balaban J connectivity index is 0.000000690. The number of para-hydroxylation sites is 1. The summed E-state index contributed by atoms with van der Waals surface area (Å²) in [6, 6.07) is 11.4. The number of anilines is 1. The number of aliphatic hydroxyl groups excluding tert-OH is 1. The zero-order valence-corrected chi connectivity index (χ0v) is 37.3. The number of hydrogen-bond acceptors (Lipinski definition) is 6. The van der Waals surface area contributed by atoms with Crippen molar-refractivity contribution in [1.29, 1.82) is 0 Å². The van der Waals surface area contributed by atoms with E-state index in [1.54, 1.807) is 6.08 Å². The Morgan fingerprint density at radius 2 is 1.82 bits per heavy atom. The summed E-state index contributed by atoms with van der Waals surface area (Å²) in [5.74, 6) is 1.73. The number of aliphatic hydroxyl groups is 1. The first-order valence-corrected chi connectivity index (χ1v) is 22.2. The van der Waals surface area contributed by atoms with Gasteiger partial charge in [0.1, 0.15) is 5.76 Å². The summed E-state index contributed by atoms with van der Waals surface area (Å²) in [5, 5.41) is 11.5. The molecule has 4 unspecified atom stereocenters. The minimum absolute atomic E-state index is 0.326. The zero-order valence-electron chi connectivity index (χ0n) is 36.6. The van der Waals surface area contributed by atoms with E-state index >= 15 is 0 Å². The standard InChI is InChI=1S/C43H57ClN2O3.C7H14O/c1-10-32-26-34(41(47)33-15-13-16-33)25-30(7)36(32)24-29(6)27-45-21-22-46(37(12-3)39(45)23-28(4)5)38-17-14-18-40-42(38)49-43(9,48-40)31(8)19-20-35(44)11-2;1-2-3-4-7-5-6-8-7/h11,14,17-20,24-26,28,37,39,47H,2,10,12-13,15-16,21-23,27H2,1,3-9H3;7H,2-6H2,1H3/b29-24+,31-19+,35-20+;. The molecule has 2 aromatic carbocycles. The number of nitrogens with zero attached hydrogens (tertiary/aromatic N) is 2. The van der Waals surface area contributed by atoms with Crippen LogP contribution in [0.15, 0.2) is 76.9 Å². The van der Waals surface area contributed by atoms with Gasteiger partial charge in [-0.3, -0.25) is 4.90 Å². The van der Waals surface area contributed by atoms with Crippen LogP contribution in [0.5, 0.6) is 11.5 Å². The first-order valence-electron chi connectivity index (χ1n) is 21.8. The van der Waals surface area contributed by atoms with Gasteiger partial charge >= 0.3 is 0 Å². The third kappa shape index (κ3) is 11.0. The second-order valence-corrected chi connectivity index (χ2v) is 17.6. The maximum absolute atomic E-state index is 10.9. The van der Waals surface area contributed by atoms with E-state index in [1.807, 2.05) is 32.1 Å². The molecule has 0 radical (unpaired) electrons. The summed E-state index contributed by atoms with van der Waals surface area (Å²) in [6.45, 7) is 27.4. The number of piperazine rings is 1. The molecule has 6 rings (SSSR count). The number of rotatable bonds is 15. The topological polar surface area (TPSA) is 54.4 Å². The van der Waals surface area contributed by atoms with Crippen molar-refractivity contribution in [3.8, 4) is 11.5 Å². The van der Waals surface area contributed by atoms with E-state index in [0.717, 1.165) is 86.7 Å². The fourth-order valence-corrected chi connectivity index (χ4v) is 8.64. The molecule has 2 aromatic rings. The van der Waals surface area contributed by atoms with E-state index < -0.39 is 5.79 Å². The average molecular weight is 800 g/mol. The Bertz CT molecular complexity index is 1810. The summed E-state index contributed by atoms with van der Waals surface area (Å²) < 4.78 is 18.4. The van der Waals surface area contributed by atoms with E-state index in [-0.39, 0.29) is 0 Å². The second-order valence-electron chi connectivity index (χ2n) is 17.1. The van der Waals surface area contributed by atoms with E-state index in [9.17, 15) is 5.11 Å². The van der Waals surface area contributed by atoms with Crippen LogP contribution in [0.25, 0.3) is 11.8 Å². The highest BCUT2D eigenvalue weighted by Gasteiger charge is 2.43. The molecule has 0 spiro atoms. The lowest BCUT2D eigenvalue weighted by Crippen LogP contribution is -2.60. The molecule has 0 bridgehead atoms. The molecule has 3 aliphatic heterocycles. The molecule has 6 nitrogen and oxygen atoms in total. The third-order valence-electron chi connectivity index (χ3n) is 12.3. The van der Waals surface area contributed by atoms with Crippen molar-refractivity contribution in [3.63, 3.8) is 0 Å².